The SMILES string of the molecule is CCCCN(C)C(=O)NC1CCCCCC1C(=O)O. The predicted octanol–water partition coefficient (Wildman–Crippen LogP) is 2.46. The molecular weight excluding hydrogens is 244 g/mol. The first kappa shape index (κ1) is 15.8. The monoisotopic (exact) mass is 270 g/mol. The second kappa shape index (κ2) is 8.02. The highest BCUT2D eigenvalue weighted by atomic mass is 16.4. The second-order valence-electron chi connectivity index (χ2n) is 5.41. The van der Waals surface area contributed by atoms with E-state index in [0.29, 0.717) is 13.0 Å². The smallest absolute Gasteiger partial charge is 0.317 e. The number of carbonyl (C=O) groups excluding carboxylic acids is 1. The van der Waals surface area contributed by atoms with E-state index in [0.717, 1.165) is 38.5 Å². The molecule has 0 radical (unpaired) electrons. The molecule has 110 valence electrons. The third-order valence-electron chi connectivity index (χ3n) is 3.84. The van der Waals surface area contributed by atoms with E-state index < -0.39 is 11.9 Å². The van der Waals surface area contributed by atoms with Gasteiger partial charge in [0.2, 0.25) is 0 Å². The largest absolute Gasteiger partial charge is 0.481 e. The number of hydrogen-bond donors (Lipinski definition) is 2. The number of nitrogens with one attached hydrogen (secondary N) is 1. The van der Waals surface area contributed by atoms with Crippen molar-refractivity contribution in [2.45, 2.75) is 57.9 Å². The second-order valence-corrected chi connectivity index (χ2v) is 5.41. The molecule has 0 aliphatic heterocycles. The number of urea groups is 1. The topological polar surface area (TPSA) is 69.6 Å². The van der Waals surface area contributed by atoms with Crippen LogP contribution in [0, 0.1) is 5.92 Å². The van der Waals surface area contributed by atoms with Gasteiger partial charge < -0.3 is 15.3 Å². The van der Waals surface area contributed by atoms with E-state index in [4.69, 9.17) is 0 Å². The lowest BCUT2D eigenvalue weighted by molar-refractivity contribution is -0.142. The number of amides is 2. The summed E-state index contributed by atoms with van der Waals surface area (Å²) < 4.78 is 0. The van der Waals surface area contributed by atoms with Gasteiger partial charge in [-0.1, -0.05) is 32.6 Å². The number of carbonyl (C=O) groups is 2. The molecule has 1 saturated carbocycles. The van der Waals surface area contributed by atoms with Crippen LogP contribution in [0.1, 0.15) is 51.9 Å². The number of aliphatic carboxylic acids is 1. The van der Waals surface area contributed by atoms with Crippen molar-refractivity contribution in [2.75, 3.05) is 13.6 Å². The average Bonchev–Trinajstić information content (AvgIpc) is 2.61. The lowest BCUT2D eigenvalue weighted by Crippen LogP contribution is -2.48. The zero-order chi connectivity index (χ0) is 14.3. The molecule has 0 heterocycles. The Kier molecular flexibility index (Phi) is 6.67. The summed E-state index contributed by atoms with van der Waals surface area (Å²) in [6.45, 7) is 2.80. The van der Waals surface area contributed by atoms with E-state index in [-0.39, 0.29) is 12.1 Å². The summed E-state index contributed by atoms with van der Waals surface area (Å²) in [5.41, 5.74) is 0. The Bertz CT molecular complexity index is 307. The Morgan fingerprint density at radius 2 is 1.95 bits per heavy atom. The van der Waals surface area contributed by atoms with Crippen molar-refractivity contribution < 1.29 is 14.7 Å². The number of carboxylic acids is 1. The van der Waals surface area contributed by atoms with Crippen molar-refractivity contribution in [3.63, 3.8) is 0 Å². The Balaban J connectivity index is 2.55. The predicted molar refractivity (Wildman–Crippen MR) is 74.1 cm³/mol. The number of rotatable bonds is 5. The average molecular weight is 270 g/mol. The molecule has 0 aromatic rings. The Morgan fingerprint density at radius 1 is 1.26 bits per heavy atom. The highest BCUT2D eigenvalue weighted by molar-refractivity contribution is 5.76. The minimum atomic E-state index is -0.789. The summed E-state index contributed by atoms with van der Waals surface area (Å²) in [5.74, 6) is -1.23. The van der Waals surface area contributed by atoms with Gasteiger partial charge in [-0.25, -0.2) is 4.79 Å². The molecule has 2 N–H and O–H groups in total. The van der Waals surface area contributed by atoms with Gasteiger partial charge in [0.15, 0.2) is 0 Å². The van der Waals surface area contributed by atoms with Crippen molar-refractivity contribution >= 4 is 12.0 Å². The Morgan fingerprint density at radius 3 is 2.58 bits per heavy atom. The molecule has 2 atom stereocenters. The van der Waals surface area contributed by atoms with Gasteiger partial charge in [0.25, 0.3) is 0 Å². The normalized spacial score (nSPS) is 23.5. The van der Waals surface area contributed by atoms with Crippen LogP contribution in [0.2, 0.25) is 0 Å². The first-order valence-electron chi connectivity index (χ1n) is 7.30. The van der Waals surface area contributed by atoms with Crippen LogP contribution in [0.25, 0.3) is 0 Å². The molecule has 2 unspecified atom stereocenters. The maximum atomic E-state index is 12.0. The van der Waals surface area contributed by atoms with E-state index in [2.05, 4.69) is 12.2 Å². The van der Waals surface area contributed by atoms with E-state index in [1.54, 1.807) is 11.9 Å². The van der Waals surface area contributed by atoms with Gasteiger partial charge in [-0.3, -0.25) is 4.79 Å². The fourth-order valence-electron chi connectivity index (χ4n) is 2.54. The van der Waals surface area contributed by atoms with Crippen molar-refractivity contribution in [3.05, 3.63) is 0 Å². The van der Waals surface area contributed by atoms with Gasteiger partial charge in [-0.2, -0.15) is 0 Å². The van der Waals surface area contributed by atoms with E-state index in [1.807, 2.05) is 0 Å². The van der Waals surface area contributed by atoms with Gasteiger partial charge in [-0.05, 0) is 19.3 Å². The zero-order valence-electron chi connectivity index (χ0n) is 12.0. The van der Waals surface area contributed by atoms with Gasteiger partial charge in [-0.15, -0.1) is 0 Å². The lowest BCUT2D eigenvalue weighted by atomic mass is 9.95. The summed E-state index contributed by atoms with van der Waals surface area (Å²) in [4.78, 5) is 24.9. The van der Waals surface area contributed by atoms with Crippen LogP contribution in [-0.4, -0.2) is 41.6 Å². The molecule has 1 aliphatic carbocycles. The molecule has 1 rings (SSSR count). The number of hydrogen-bond acceptors (Lipinski definition) is 2. The van der Waals surface area contributed by atoms with Crippen molar-refractivity contribution in [2.24, 2.45) is 5.92 Å². The van der Waals surface area contributed by atoms with Crippen LogP contribution in [-0.2, 0) is 4.79 Å². The molecule has 5 heteroatoms. The molecule has 0 saturated heterocycles. The number of nitrogens with zero attached hydrogens (tertiary/aromatic N) is 1. The molecule has 0 aromatic heterocycles. The summed E-state index contributed by atoms with van der Waals surface area (Å²) in [6.07, 6.45) is 6.43. The quantitative estimate of drug-likeness (QED) is 0.754. The molecular formula is C14H26N2O3. The highest BCUT2D eigenvalue weighted by Crippen LogP contribution is 2.24. The van der Waals surface area contributed by atoms with E-state index in [1.165, 1.54) is 0 Å². The molecule has 0 bridgehead atoms. The Labute approximate surface area is 115 Å². The lowest BCUT2D eigenvalue weighted by Gasteiger charge is -2.26. The summed E-state index contributed by atoms with van der Waals surface area (Å²) in [5, 5.41) is 12.2. The molecule has 0 aromatic carbocycles. The maximum absolute atomic E-state index is 12.0. The van der Waals surface area contributed by atoms with Crippen LogP contribution in [0.4, 0.5) is 4.79 Å². The van der Waals surface area contributed by atoms with Gasteiger partial charge >= 0.3 is 12.0 Å². The van der Waals surface area contributed by atoms with Crippen LogP contribution in [0.5, 0.6) is 0 Å². The fourth-order valence-corrected chi connectivity index (χ4v) is 2.54. The molecule has 5 nitrogen and oxygen atoms in total. The molecule has 1 fully saturated rings. The van der Waals surface area contributed by atoms with Crippen molar-refractivity contribution in [1.29, 1.82) is 0 Å². The molecule has 1 aliphatic rings. The summed E-state index contributed by atoms with van der Waals surface area (Å²) in [7, 11) is 1.76. The molecule has 2 amide bonds. The third kappa shape index (κ3) is 5.09. The summed E-state index contributed by atoms with van der Waals surface area (Å²) in [6, 6.07) is -0.372. The zero-order valence-corrected chi connectivity index (χ0v) is 12.0. The fraction of sp³-hybridized carbons (Fsp3) is 0.857. The highest BCUT2D eigenvalue weighted by Gasteiger charge is 2.31. The number of unbranched alkanes of at least 4 members (excludes halogenated alkanes) is 1. The first-order chi connectivity index (χ1) is 9.06. The van der Waals surface area contributed by atoms with Gasteiger partial charge in [0.05, 0.1) is 5.92 Å². The first-order valence-corrected chi connectivity index (χ1v) is 7.30. The van der Waals surface area contributed by atoms with Crippen molar-refractivity contribution in [3.8, 4) is 0 Å². The summed E-state index contributed by atoms with van der Waals surface area (Å²) >= 11 is 0. The van der Waals surface area contributed by atoms with E-state index in [9.17, 15) is 14.7 Å². The number of carboxylic acid groups (broad SMARTS) is 1. The van der Waals surface area contributed by atoms with E-state index >= 15 is 0 Å². The van der Waals surface area contributed by atoms with Gasteiger partial charge in [0.1, 0.15) is 0 Å². The van der Waals surface area contributed by atoms with Crippen LogP contribution in [0.15, 0.2) is 0 Å². The van der Waals surface area contributed by atoms with Crippen molar-refractivity contribution in [1.82, 2.24) is 10.2 Å². The van der Waals surface area contributed by atoms with Crippen LogP contribution < -0.4 is 5.32 Å². The van der Waals surface area contributed by atoms with Gasteiger partial charge in [0, 0.05) is 19.6 Å². The molecule has 0 spiro atoms. The van der Waals surface area contributed by atoms with Crippen LogP contribution >= 0.6 is 0 Å². The van der Waals surface area contributed by atoms with Crippen LogP contribution in [0.3, 0.4) is 0 Å². The maximum Gasteiger partial charge on any atom is 0.317 e. The minimum absolute atomic E-state index is 0.147. The molecule has 19 heavy (non-hydrogen) atoms. The standard InChI is InChI=1S/C14H26N2O3/c1-3-4-10-16(2)14(19)15-12-9-7-5-6-8-11(12)13(17)18/h11-12H,3-10H2,1-2H3,(H,15,19)(H,17,18). The Hall–Kier alpha value is -1.26. The third-order valence-corrected chi connectivity index (χ3v) is 3.84. The minimum Gasteiger partial charge on any atom is -0.481 e.